The molecule has 1 heterocycles. The van der Waals surface area contributed by atoms with E-state index in [1.165, 1.54) is 11.8 Å². The van der Waals surface area contributed by atoms with E-state index in [9.17, 15) is 9.59 Å². The normalized spacial score (nSPS) is 11.5. The Morgan fingerprint density at radius 2 is 2.10 bits per heavy atom. The van der Waals surface area contributed by atoms with Crippen molar-refractivity contribution in [2.75, 3.05) is 5.75 Å². The fourth-order valence-electron chi connectivity index (χ4n) is 1.88. The van der Waals surface area contributed by atoms with Gasteiger partial charge in [0.2, 0.25) is 5.91 Å². The summed E-state index contributed by atoms with van der Waals surface area (Å²) in [5, 5.41) is 11.9. The van der Waals surface area contributed by atoms with E-state index in [-0.39, 0.29) is 18.1 Å². The monoisotopic (exact) mass is 308 g/mol. The maximum atomic E-state index is 11.8. The van der Waals surface area contributed by atoms with Gasteiger partial charge in [0.15, 0.2) is 5.58 Å². The zero-order valence-corrected chi connectivity index (χ0v) is 12.6. The smallest absolute Gasteiger partial charge is 0.305 e. The second-order valence-corrected chi connectivity index (χ2v) is 6.17. The summed E-state index contributed by atoms with van der Waals surface area (Å²) >= 11 is 1.18. The Labute approximate surface area is 125 Å². The van der Waals surface area contributed by atoms with Crippen LogP contribution in [0.25, 0.3) is 11.1 Å². The lowest BCUT2D eigenvalue weighted by Crippen LogP contribution is -2.45. The number of aliphatic carboxylic acids is 1. The molecule has 6 nitrogen and oxygen atoms in total. The average molecular weight is 308 g/mol. The zero-order valence-electron chi connectivity index (χ0n) is 11.8. The van der Waals surface area contributed by atoms with E-state index in [1.807, 2.05) is 24.3 Å². The van der Waals surface area contributed by atoms with Crippen molar-refractivity contribution in [2.45, 2.75) is 31.0 Å². The van der Waals surface area contributed by atoms with E-state index in [0.29, 0.717) is 10.8 Å². The summed E-state index contributed by atoms with van der Waals surface area (Å²) in [4.78, 5) is 26.8. The summed E-state index contributed by atoms with van der Waals surface area (Å²) in [6, 6.07) is 7.35. The molecule has 1 aromatic heterocycles. The van der Waals surface area contributed by atoms with Crippen LogP contribution in [0.15, 0.2) is 33.9 Å². The van der Waals surface area contributed by atoms with Gasteiger partial charge in [-0.15, -0.1) is 0 Å². The molecular formula is C14H16N2O4S. The molecule has 0 radical (unpaired) electrons. The van der Waals surface area contributed by atoms with E-state index >= 15 is 0 Å². The van der Waals surface area contributed by atoms with E-state index < -0.39 is 11.5 Å². The number of nitrogens with one attached hydrogen (secondary N) is 1. The second-order valence-electron chi connectivity index (χ2n) is 5.24. The average Bonchev–Trinajstić information content (AvgIpc) is 2.76. The topological polar surface area (TPSA) is 92.4 Å². The minimum atomic E-state index is -0.952. The van der Waals surface area contributed by atoms with Crippen LogP contribution in [0, 0.1) is 0 Å². The van der Waals surface area contributed by atoms with Crippen LogP contribution in [-0.4, -0.2) is 33.3 Å². The minimum absolute atomic E-state index is 0.121. The molecule has 0 unspecified atom stereocenters. The first-order valence-electron chi connectivity index (χ1n) is 6.37. The Hall–Kier alpha value is -2.02. The fraction of sp³-hybridized carbons (Fsp3) is 0.357. The van der Waals surface area contributed by atoms with Crippen LogP contribution in [0.2, 0.25) is 0 Å². The fourth-order valence-corrected chi connectivity index (χ4v) is 2.51. The number of thioether (sulfide) groups is 1. The first-order chi connectivity index (χ1) is 9.85. The number of benzene rings is 1. The molecule has 0 saturated carbocycles. The number of hydrogen-bond donors (Lipinski definition) is 2. The summed E-state index contributed by atoms with van der Waals surface area (Å²) < 4.78 is 5.49. The maximum Gasteiger partial charge on any atom is 0.305 e. The van der Waals surface area contributed by atoms with Gasteiger partial charge in [-0.3, -0.25) is 9.59 Å². The summed E-state index contributed by atoms with van der Waals surface area (Å²) in [6.07, 6.45) is -0.133. The molecule has 0 aliphatic heterocycles. The molecule has 112 valence electrons. The molecule has 0 aliphatic rings. The summed E-state index contributed by atoms with van der Waals surface area (Å²) in [5.41, 5.74) is 0.628. The first kappa shape index (κ1) is 15.4. The Kier molecular flexibility index (Phi) is 4.52. The zero-order chi connectivity index (χ0) is 15.5. The van der Waals surface area contributed by atoms with Crippen molar-refractivity contribution < 1.29 is 19.1 Å². The standard InChI is InChI=1S/C14H16N2O4S/c1-14(2,7-12(18)19)16-11(17)8-21-13-15-9-5-3-4-6-10(9)20-13/h3-6H,7-8H2,1-2H3,(H,16,17)(H,18,19). The molecule has 1 amide bonds. The van der Waals surface area contributed by atoms with Crippen LogP contribution >= 0.6 is 11.8 Å². The number of para-hydroxylation sites is 2. The van der Waals surface area contributed by atoms with Gasteiger partial charge in [0.1, 0.15) is 5.52 Å². The Bertz CT molecular complexity index is 633. The highest BCUT2D eigenvalue weighted by molar-refractivity contribution is 7.99. The number of fused-ring (bicyclic) bond motifs is 1. The first-order valence-corrected chi connectivity index (χ1v) is 7.35. The van der Waals surface area contributed by atoms with E-state index in [0.717, 1.165) is 5.52 Å². The van der Waals surface area contributed by atoms with Crippen LogP contribution in [0.4, 0.5) is 0 Å². The third-order valence-electron chi connectivity index (χ3n) is 2.67. The molecule has 21 heavy (non-hydrogen) atoms. The molecule has 1 aromatic carbocycles. The van der Waals surface area contributed by atoms with Crippen LogP contribution in [0.1, 0.15) is 20.3 Å². The van der Waals surface area contributed by atoms with Crippen LogP contribution in [0.5, 0.6) is 0 Å². The van der Waals surface area contributed by atoms with Gasteiger partial charge in [0, 0.05) is 5.54 Å². The van der Waals surface area contributed by atoms with Gasteiger partial charge in [0.25, 0.3) is 5.22 Å². The Balaban J connectivity index is 1.90. The van der Waals surface area contributed by atoms with Gasteiger partial charge < -0.3 is 14.8 Å². The molecule has 0 fully saturated rings. The van der Waals surface area contributed by atoms with Crippen molar-refractivity contribution in [3.05, 3.63) is 24.3 Å². The maximum absolute atomic E-state index is 11.8. The molecule has 0 atom stereocenters. The van der Waals surface area contributed by atoms with E-state index in [1.54, 1.807) is 13.8 Å². The van der Waals surface area contributed by atoms with Crippen molar-refractivity contribution in [3.63, 3.8) is 0 Å². The largest absolute Gasteiger partial charge is 0.481 e. The van der Waals surface area contributed by atoms with Crippen LogP contribution in [-0.2, 0) is 9.59 Å². The summed E-state index contributed by atoms with van der Waals surface area (Å²) in [5.74, 6) is -1.09. The molecule has 0 bridgehead atoms. The molecule has 2 aromatic rings. The van der Waals surface area contributed by atoms with Crippen molar-refractivity contribution in [1.29, 1.82) is 0 Å². The van der Waals surface area contributed by atoms with Gasteiger partial charge in [-0.1, -0.05) is 23.9 Å². The third kappa shape index (κ3) is 4.49. The van der Waals surface area contributed by atoms with E-state index in [2.05, 4.69) is 10.3 Å². The molecule has 2 rings (SSSR count). The lowest BCUT2D eigenvalue weighted by molar-refractivity contribution is -0.138. The van der Waals surface area contributed by atoms with Gasteiger partial charge >= 0.3 is 5.97 Å². The SMILES string of the molecule is CC(C)(CC(=O)O)NC(=O)CSc1nc2ccccc2o1. The molecule has 0 spiro atoms. The minimum Gasteiger partial charge on any atom is -0.481 e. The quantitative estimate of drug-likeness (QED) is 0.795. The number of carbonyl (C=O) groups excluding carboxylic acids is 1. The third-order valence-corrected chi connectivity index (χ3v) is 3.50. The van der Waals surface area contributed by atoms with Crippen molar-refractivity contribution >= 4 is 34.7 Å². The Morgan fingerprint density at radius 3 is 2.76 bits per heavy atom. The number of rotatable bonds is 6. The molecule has 0 aliphatic carbocycles. The number of amides is 1. The predicted octanol–water partition coefficient (Wildman–Crippen LogP) is 2.29. The number of carboxylic acids is 1. The van der Waals surface area contributed by atoms with Crippen molar-refractivity contribution in [1.82, 2.24) is 10.3 Å². The number of aromatic nitrogens is 1. The predicted molar refractivity (Wildman–Crippen MR) is 79.2 cm³/mol. The highest BCUT2D eigenvalue weighted by Crippen LogP contribution is 2.23. The highest BCUT2D eigenvalue weighted by Gasteiger charge is 2.24. The van der Waals surface area contributed by atoms with Gasteiger partial charge in [-0.05, 0) is 26.0 Å². The molecular weight excluding hydrogens is 292 g/mol. The number of nitrogens with zero attached hydrogens (tertiary/aromatic N) is 1. The summed E-state index contributed by atoms with van der Waals surface area (Å²) in [6.45, 7) is 3.34. The highest BCUT2D eigenvalue weighted by atomic mass is 32.2. The van der Waals surface area contributed by atoms with Crippen LogP contribution in [0.3, 0.4) is 0 Å². The molecule has 0 saturated heterocycles. The lowest BCUT2D eigenvalue weighted by atomic mass is 10.0. The lowest BCUT2D eigenvalue weighted by Gasteiger charge is -2.23. The van der Waals surface area contributed by atoms with Crippen LogP contribution < -0.4 is 5.32 Å². The van der Waals surface area contributed by atoms with Gasteiger partial charge in [-0.25, -0.2) is 4.98 Å². The van der Waals surface area contributed by atoms with Gasteiger partial charge in [-0.2, -0.15) is 0 Å². The number of oxazole rings is 1. The molecule has 2 N–H and O–H groups in total. The molecule has 7 heteroatoms. The van der Waals surface area contributed by atoms with Gasteiger partial charge in [0.05, 0.1) is 12.2 Å². The number of hydrogen-bond acceptors (Lipinski definition) is 5. The number of carboxylic acid groups (broad SMARTS) is 1. The summed E-state index contributed by atoms with van der Waals surface area (Å²) in [7, 11) is 0. The second kappa shape index (κ2) is 6.17. The van der Waals surface area contributed by atoms with Crippen molar-refractivity contribution in [2.24, 2.45) is 0 Å². The number of carbonyl (C=O) groups is 2. The van der Waals surface area contributed by atoms with Crippen molar-refractivity contribution in [3.8, 4) is 0 Å². The van der Waals surface area contributed by atoms with E-state index in [4.69, 9.17) is 9.52 Å². The Morgan fingerprint density at radius 1 is 1.38 bits per heavy atom.